The number of rotatable bonds is 5. The van der Waals surface area contributed by atoms with Crippen LogP contribution in [0.25, 0.3) is 0 Å². The highest BCUT2D eigenvalue weighted by Gasteiger charge is 2.14. The van der Waals surface area contributed by atoms with Crippen LogP contribution in [0.4, 0.5) is 4.79 Å². The van der Waals surface area contributed by atoms with Gasteiger partial charge in [-0.2, -0.15) is 0 Å². The van der Waals surface area contributed by atoms with Crippen molar-refractivity contribution >= 4 is 34.9 Å². The van der Waals surface area contributed by atoms with Crippen LogP contribution in [0.5, 0.6) is 0 Å². The number of nitrogens with one attached hydrogen (secondary N) is 1. The third-order valence-electron chi connectivity index (χ3n) is 2.16. The van der Waals surface area contributed by atoms with E-state index in [-0.39, 0.29) is 24.2 Å². The van der Waals surface area contributed by atoms with Crippen LogP contribution in [0, 0.1) is 0 Å². The van der Waals surface area contributed by atoms with Crippen molar-refractivity contribution in [3.05, 3.63) is 22.4 Å². The molecule has 0 aliphatic carbocycles. The zero-order valence-electron chi connectivity index (χ0n) is 9.61. The van der Waals surface area contributed by atoms with Crippen molar-refractivity contribution in [3.63, 3.8) is 0 Å². The summed E-state index contributed by atoms with van der Waals surface area (Å²) in [4.78, 5) is 25.6. The molecule has 1 heterocycles. The number of halogens is 1. The maximum Gasteiger partial charge on any atom is 0.324 e. The molecule has 0 saturated heterocycles. The molecule has 1 aromatic heterocycles. The third-order valence-corrected chi connectivity index (χ3v) is 3.21. The molecule has 1 rings (SSSR count). The van der Waals surface area contributed by atoms with Gasteiger partial charge in [0.05, 0.1) is 6.54 Å². The molecule has 17 heavy (non-hydrogen) atoms. The maximum absolute atomic E-state index is 11.7. The molecule has 3 amide bonds. The first-order valence-electron chi connectivity index (χ1n) is 5.34. The second kappa shape index (κ2) is 7.29. The van der Waals surface area contributed by atoms with Gasteiger partial charge >= 0.3 is 6.03 Å². The van der Waals surface area contributed by atoms with Crippen LogP contribution in [-0.2, 0) is 11.3 Å². The summed E-state index contributed by atoms with van der Waals surface area (Å²) in [5.74, 6) is -0.120. The zero-order chi connectivity index (χ0) is 12.7. The lowest BCUT2D eigenvalue weighted by Gasteiger charge is -2.19. The van der Waals surface area contributed by atoms with E-state index in [2.05, 4.69) is 5.32 Å². The van der Waals surface area contributed by atoms with Crippen LogP contribution >= 0.6 is 22.9 Å². The molecular weight excluding hydrogens is 260 g/mol. The molecule has 1 aromatic rings. The Morgan fingerprint density at radius 3 is 2.82 bits per heavy atom. The van der Waals surface area contributed by atoms with E-state index in [1.165, 1.54) is 0 Å². The Balaban J connectivity index is 2.49. The average Bonchev–Trinajstić information content (AvgIpc) is 2.78. The molecule has 0 saturated carbocycles. The highest BCUT2D eigenvalue weighted by molar-refractivity contribution is 7.09. The van der Waals surface area contributed by atoms with Crippen LogP contribution in [0.15, 0.2) is 17.5 Å². The SMILES string of the molecule is CCN(Cc1cccs1)C(=O)NC(=O)CCCl. The topological polar surface area (TPSA) is 49.4 Å². The predicted molar refractivity (Wildman–Crippen MR) is 69.3 cm³/mol. The fourth-order valence-electron chi connectivity index (χ4n) is 1.26. The van der Waals surface area contributed by atoms with E-state index in [0.717, 1.165) is 4.88 Å². The van der Waals surface area contributed by atoms with Gasteiger partial charge in [-0.25, -0.2) is 4.79 Å². The van der Waals surface area contributed by atoms with Gasteiger partial charge in [-0.15, -0.1) is 22.9 Å². The minimum Gasteiger partial charge on any atom is -0.320 e. The van der Waals surface area contributed by atoms with Gasteiger partial charge in [-0.1, -0.05) is 6.07 Å². The highest BCUT2D eigenvalue weighted by Crippen LogP contribution is 2.11. The Hall–Kier alpha value is -1.07. The standard InChI is InChI=1S/C11H15ClN2O2S/c1-2-14(8-9-4-3-7-17-9)11(16)13-10(15)5-6-12/h3-4,7H,2,5-6,8H2,1H3,(H,13,15,16). The Kier molecular flexibility index (Phi) is 6.00. The van der Waals surface area contributed by atoms with E-state index in [4.69, 9.17) is 11.6 Å². The number of urea groups is 1. The second-order valence-electron chi connectivity index (χ2n) is 3.39. The van der Waals surface area contributed by atoms with Gasteiger partial charge in [0.25, 0.3) is 0 Å². The fourth-order valence-corrected chi connectivity index (χ4v) is 2.16. The van der Waals surface area contributed by atoms with Crippen molar-refractivity contribution in [2.45, 2.75) is 19.9 Å². The number of hydrogen-bond acceptors (Lipinski definition) is 3. The number of thiophene rings is 1. The van der Waals surface area contributed by atoms with Crippen molar-refractivity contribution in [1.29, 1.82) is 0 Å². The van der Waals surface area contributed by atoms with Gasteiger partial charge in [0, 0.05) is 23.7 Å². The molecule has 1 N–H and O–H groups in total. The van der Waals surface area contributed by atoms with E-state index in [1.807, 2.05) is 24.4 Å². The van der Waals surface area contributed by atoms with E-state index in [0.29, 0.717) is 13.1 Å². The molecule has 0 atom stereocenters. The first kappa shape index (κ1) is 14.0. The van der Waals surface area contributed by atoms with Gasteiger partial charge in [0.1, 0.15) is 0 Å². The monoisotopic (exact) mass is 274 g/mol. The molecule has 4 nitrogen and oxygen atoms in total. The van der Waals surface area contributed by atoms with Gasteiger partial charge in [-0.3, -0.25) is 10.1 Å². The summed E-state index contributed by atoms with van der Waals surface area (Å²) in [6, 6.07) is 3.53. The molecule has 0 radical (unpaired) electrons. The first-order valence-corrected chi connectivity index (χ1v) is 6.76. The number of nitrogens with zero attached hydrogens (tertiary/aromatic N) is 1. The minimum atomic E-state index is -0.365. The summed E-state index contributed by atoms with van der Waals surface area (Å²) in [6.07, 6.45) is 0.157. The van der Waals surface area contributed by atoms with Crippen molar-refractivity contribution in [1.82, 2.24) is 10.2 Å². The summed E-state index contributed by atoms with van der Waals surface area (Å²) < 4.78 is 0. The van der Waals surface area contributed by atoms with E-state index < -0.39 is 0 Å². The van der Waals surface area contributed by atoms with Crippen molar-refractivity contribution in [2.24, 2.45) is 0 Å². The number of imide groups is 1. The first-order chi connectivity index (χ1) is 8.17. The van der Waals surface area contributed by atoms with Gasteiger partial charge in [0.2, 0.25) is 5.91 Å². The number of alkyl halides is 1. The molecule has 0 aromatic carbocycles. The molecule has 0 aliphatic heterocycles. The van der Waals surface area contributed by atoms with Gasteiger partial charge < -0.3 is 4.90 Å². The van der Waals surface area contributed by atoms with E-state index in [9.17, 15) is 9.59 Å². The highest BCUT2D eigenvalue weighted by atomic mass is 35.5. The van der Waals surface area contributed by atoms with Crippen LogP contribution in [0.2, 0.25) is 0 Å². The molecule has 94 valence electrons. The Morgan fingerprint density at radius 2 is 2.29 bits per heavy atom. The fraction of sp³-hybridized carbons (Fsp3) is 0.455. The summed E-state index contributed by atoms with van der Waals surface area (Å²) in [6.45, 7) is 2.95. The lowest BCUT2D eigenvalue weighted by molar-refractivity contribution is -0.119. The van der Waals surface area contributed by atoms with E-state index >= 15 is 0 Å². The van der Waals surface area contributed by atoms with Crippen LogP contribution in [0.3, 0.4) is 0 Å². The normalized spacial score (nSPS) is 10.0. The molecule has 0 unspecified atom stereocenters. The molecule has 6 heteroatoms. The Bertz CT molecular complexity index is 368. The maximum atomic E-state index is 11.7. The summed E-state index contributed by atoms with van der Waals surface area (Å²) in [7, 11) is 0. The lowest BCUT2D eigenvalue weighted by Crippen LogP contribution is -2.42. The number of amides is 3. The number of carbonyl (C=O) groups is 2. The molecule has 0 spiro atoms. The largest absolute Gasteiger partial charge is 0.324 e. The van der Waals surface area contributed by atoms with Gasteiger partial charge in [-0.05, 0) is 18.4 Å². The predicted octanol–water partition coefficient (Wildman–Crippen LogP) is 2.44. The molecule has 0 aliphatic rings. The Labute approximate surface area is 110 Å². The molecule has 0 bridgehead atoms. The van der Waals surface area contributed by atoms with Crippen molar-refractivity contribution in [3.8, 4) is 0 Å². The van der Waals surface area contributed by atoms with Crippen LogP contribution < -0.4 is 5.32 Å². The van der Waals surface area contributed by atoms with Crippen LogP contribution in [-0.4, -0.2) is 29.3 Å². The quantitative estimate of drug-likeness (QED) is 0.839. The van der Waals surface area contributed by atoms with Crippen molar-refractivity contribution < 1.29 is 9.59 Å². The Morgan fingerprint density at radius 1 is 1.53 bits per heavy atom. The molecule has 0 fully saturated rings. The van der Waals surface area contributed by atoms with Gasteiger partial charge in [0.15, 0.2) is 0 Å². The lowest BCUT2D eigenvalue weighted by atomic mass is 10.4. The smallest absolute Gasteiger partial charge is 0.320 e. The number of hydrogen-bond donors (Lipinski definition) is 1. The zero-order valence-corrected chi connectivity index (χ0v) is 11.2. The molecular formula is C11H15ClN2O2S. The average molecular weight is 275 g/mol. The van der Waals surface area contributed by atoms with E-state index in [1.54, 1.807) is 16.2 Å². The summed E-state index contributed by atoms with van der Waals surface area (Å²) in [5, 5.41) is 4.27. The third kappa shape index (κ3) is 4.75. The van der Waals surface area contributed by atoms with Crippen molar-refractivity contribution in [2.75, 3.05) is 12.4 Å². The minimum absolute atomic E-state index is 0.157. The number of carbonyl (C=O) groups excluding carboxylic acids is 2. The van der Waals surface area contributed by atoms with Crippen LogP contribution in [0.1, 0.15) is 18.2 Å². The second-order valence-corrected chi connectivity index (χ2v) is 4.80. The summed E-state index contributed by atoms with van der Waals surface area (Å²) in [5.41, 5.74) is 0. The summed E-state index contributed by atoms with van der Waals surface area (Å²) >= 11 is 7.01.